The molecule has 0 spiro atoms. The molecular formula is C25H29N3O2S. The third kappa shape index (κ3) is 6.06. The third-order valence-corrected chi connectivity index (χ3v) is 6.99. The van der Waals surface area contributed by atoms with Crippen molar-refractivity contribution < 1.29 is 9.29 Å². The molecule has 2 atom stereocenters. The van der Waals surface area contributed by atoms with Gasteiger partial charge < -0.3 is 14.2 Å². The van der Waals surface area contributed by atoms with Crippen molar-refractivity contribution in [2.75, 3.05) is 19.7 Å². The minimum atomic E-state index is -1.21. The molecule has 1 aliphatic rings. The van der Waals surface area contributed by atoms with E-state index in [0.29, 0.717) is 16.8 Å². The first kappa shape index (κ1) is 21.8. The number of hydrogen-bond acceptors (Lipinski definition) is 5. The molecule has 4 rings (SSSR count). The highest BCUT2D eigenvalue weighted by molar-refractivity contribution is 7.90. The molecular weight excluding hydrogens is 406 g/mol. The zero-order chi connectivity index (χ0) is 21.5. The Hall–Kier alpha value is -2.41. The maximum atomic E-state index is 12.5. The average molecular weight is 436 g/mol. The van der Waals surface area contributed by atoms with E-state index >= 15 is 0 Å². The second-order valence-electron chi connectivity index (χ2n) is 7.99. The first-order valence-corrected chi connectivity index (χ1v) is 12.2. The van der Waals surface area contributed by atoms with Crippen molar-refractivity contribution in [3.63, 3.8) is 0 Å². The Labute approximate surface area is 187 Å². The lowest BCUT2D eigenvalue weighted by Crippen LogP contribution is -2.28. The molecule has 0 radical (unpaired) electrons. The van der Waals surface area contributed by atoms with E-state index < -0.39 is 11.2 Å². The Morgan fingerprint density at radius 1 is 1.03 bits per heavy atom. The van der Waals surface area contributed by atoms with Crippen LogP contribution in [-0.4, -0.2) is 45.4 Å². The van der Waals surface area contributed by atoms with Crippen LogP contribution in [0.2, 0.25) is 0 Å². The van der Waals surface area contributed by atoms with Crippen LogP contribution in [0.1, 0.15) is 31.7 Å². The van der Waals surface area contributed by atoms with Crippen molar-refractivity contribution in [1.82, 2.24) is 15.1 Å². The first-order valence-electron chi connectivity index (χ1n) is 10.9. The van der Waals surface area contributed by atoms with Crippen molar-refractivity contribution >= 4 is 11.2 Å². The molecule has 31 heavy (non-hydrogen) atoms. The van der Waals surface area contributed by atoms with Crippen LogP contribution >= 0.6 is 0 Å². The van der Waals surface area contributed by atoms with Crippen molar-refractivity contribution in [3.8, 4) is 17.0 Å². The van der Waals surface area contributed by atoms with E-state index in [0.717, 1.165) is 42.1 Å². The van der Waals surface area contributed by atoms with Crippen molar-refractivity contribution in [3.05, 3.63) is 72.3 Å². The van der Waals surface area contributed by atoms with Crippen molar-refractivity contribution in [2.45, 2.75) is 43.0 Å². The number of nitrogens with zero attached hydrogens (tertiary/aromatic N) is 3. The summed E-state index contributed by atoms with van der Waals surface area (Å²) in [4.78, 5) is 2.54. The second-order valence-corrected chi connectivity index (χ2v) is 9.38. The number of ether oxygens (including phenoxy) is 1. The fourth-order valence-corrected chi connectivity index (χ4v) is 4.89. The molecule has 1 aromatic heterocycles. The molecule has 1 fully saturated rings. The summed E-state index contributed by atoms with van der Waals surface area (Å²) in [5.74, 6) is 1.31. The molecule has 0 aliphatic carbocycles. The van der Waals surface area contributed by atoms with Crippen LogP contribution in [0, 0.1) is 0 Å². The summed E-state index contributed by atoms with van der Waals surface area (Å²) in [6.07, 6.45) is 3.67. The lowest BCUT2D eigenvalue weighted by molar-refractivity contribution is 0.230. The van der Waals surface area contributed by atoms with E-state index in [1.807, 2.05) is 60.7 Å². The zero-order valence-corrected chi connectivity index (χ0v) is 18.8. The van der Waals surface area contributed by atoms with Gasteiger partial charge in [0.15, 0.2) is 0 Å². The molecule has 1 unspecified atom stereocenters. The molecule has 0 amide bonds. The molecule has 0 bridgehead atoms. The normalized spacial score (nSPS) is 17.5. The monoisotopic (exact) mass is 435 g/mol. The number of likely N-dealkylation sites (tertiary alicyclic amines) is 1. The van der Waals surface area contributed by atoms with E-state index in [9.17, 15) is 4.55 Å². The molecule has 2 aromatic carbocycles. The summed E-state index contributed by atoms with van der Waals surface area (Å²) in [5.41, 5.74) is 2.75. The first-order chi connectivity index (χ1) is 15.2. The van der Waals surface area contributed by atoms with Gasteiger partial charge in [-0.15, -0.1) is 5.10 Å². The molecule has 3 aromatic rings. The number of benzene rings is 2. The summed E-state index contributed by atoms with van der Waals surface area (Å²) in [5, 5.41) is 8.97. The predicted octanol–water partition coefficient (Wildman–Crippen LogP) is 4.70. The minimum Gasteiger partial charge on any atom is -0.610 e. The van der Waals surface area contributed by atoms with E-state index in [4.69, 9.17) is 4.74 Å². The second kappa shape index (κ2) is 10.8. The van der Waals surface area contributed by atoms with E-state index in [1.165, 1.54) is 19.4 Å². The van der Waals surface area contributed by atoms with Crippen molar-refractivity contribution in [1.29, 1.82) is 0 Å². The van der Waals surface area contributed by atoms with Gasteiger partial charge in [-0.3, -0.25) is 0 Å². The molecule has 162 valence electrons. The summed E-state index contributed by atoms with van der Waals surface area (Å²) in [6, 6.07) is 22.1. The highest BCUT2D eigenvalue weighted by Crippen LogP contribution is 2.22. The Kier molecular flexibility index (Phi) is 7.57. The predicted molar refractivity (Wildman–Crippen MR) is 124 cm³/mol. The van der Waals surface area contributed by atoms with Gasteiger partial charge in [-0.05, 0) is 63.1 Å². The molecule has 0 N–H and O–H groups in total. The van der Waals surface area contributed by atoms with Crippen LogP contribution in [0.25, 0.3) is 11.3 Å². The SMILES string of the molecule is C[C@@H]1CCCN1CCCOc1ccc(-c2ccc([S+]([O-])Cc3ccccc3)nn2)cc1. The van der Waals surface area contributed by atoms with Crippen LogP contribution in [-0.2, 0) is 16.9 Å². The fraction of sp³-hybridized carbons (Fsp3) is 0.360. The van der Waals surface area contributed by atoms with Crippen LogP contribution in [0.4, 0.5) is 0 Å². The van der Waals surface area contributed by atoms with Crippen LogP contribution in [0.5, 0.6) is 5.75 Å². The summed E-state index contributed by atoms with van der Waals surface area (Å²) in [7, 11) is 0. The van der Waals surface area contributed by atoms with Gasteiger partial charge in [-0.1, -0.05) is 35.4 Å². The maximum absolute atomic E-state index is 12.5. The molecule has 1 aliphatic heterocycles. The third-order valence-electron chi connectivity index (χ3n) is 5.71. The Bertz CT molecular complexity index is 935. The van der Waals surface area contributed by atoms with Crippen LogP contribution in [0.3, 0.4) is 0 Å². The maximum Gasteiger partial charge on any atom is 0.263 e. The molecule has 5 nitrogen and oxygen atoms in total. The molecule has 1 saturated heterocycles. The molecule has 6 heteroatoms. The number of rotatable bonds is 9. The largest absolute Gasteiger partial charge is 0.610 e. The van der Waals surface area contributed by atoms with E-state index in [-0.39, 0.29) is 0 Å². The Morgan fingerprint density at radius 2 is 1.84 bits per heavy atom. The number of hydrogen-bond donors (Lipinski definition) is 0. The van der Waals surface area contributed by atoms with Crippen LogP contribution in [0.15, 0.2) is 71.8 Å². The van der Waals surface area contributed by atoms with Gasteiger partial charge in [0.25, 0.3) is 5.03 Å². The minimum absolute atomic E-state index is 0.442. The number of aromatic nitrogens is 2. The van der Waals surface area contributed by atoms with Gasteiger partial charge in [0, 0.05) is 41.0 Å². The van der Waals surface area contributed by atoms with E-state index in [2.05, 4.69) is 22.0 Å². The lowest BCUT2D eigenvalue weighted by Gasteiger charge is -2.20. The molecule has 0 saturated carbocycles. The highest BCUT2D eigenvalue weighted by Gasteiger charge is 2.19. The van der Waals surface area contributed by atoms with Gasteiger partial charge in [-0.2, -0.15) is 0 Å². The van der Waals surface area contributed by atoms with E-state index in [1.54, 1.807) is 6.07 Å². The standard InChI is InChI=1S/C25H29N3O2S/c1-20-7-5-16-28(20)17-6-18-30-23-12-10-22(11-13-23)24-14-15-25(27-26-24)31(29)19-21-8-3-2-4-9-21/h2-4,8-15,20H,5-7,16-19H2,1H3/t20-,31?/m1/s1. The van der Waals surface area contributed by atoms with Gasteiger partial charge in [-0.25, -0.2) is 0 Å². The highest BCUT2D eigenvalue weighted by atomic mass is 32.2. The lowest BCUT2D eigenvalue weighted by atomic mass is 10.1. The van der Waals surface area contributed by atoms with Gasteiger partial charge >= 0.3 is 0 Å². The van der Waals surface area contributed by atoms with Crippen LogP contribution < -0.4 is 4.74 Å². The summed E-state index contributed by atoms with van der Waals surface area (Å²) < 4.78 is 18.4. The topological polar surface area (TPSA) is 61.3 Å². The fourth-order valence-electron chi connectivity index (χ4n) is 3.90. The van der Waals surface area contributed by atoms with Gasteiger partial charge in [0.1, 0.15) is 11.5 Å². The Balaban J connectivity index is 1.27. The Morgan fingerprint density at radius 3 is 2.52 bits per heavy atom. The van der Waals surface area contributed by atoms with Gasteiger partial charge in [0.05, 0.1) is 12.3 Å². The molecule has 2 heterocycles. The zero-order valence-electron chi connectivity index (χ0n) is 17.9. The van der Waals surface area contributed by atoms with Gasteiger partial charge in [0.2, 0.25) is 0 Å². The van der Waals surface area contributed by atoms with Crippen molar-refractivity contribution in [2.24, 2.45) is 0 Å². The quantitative estimate of drug-likeness (QED) is 0.360. The smallest absolute Gasteiger partial charge is 0.263 e. The average Bonchev–Trinajstić information content (AvgIpc) is 3.22. The summed E-state index contributed by atoms with van der Waals surface area (Å²) >= 11 is -1.21. The summed E-state index contributed by atoms with van der Waals surface area (Å²) in [6.45, 7) is 5.36.